The molecule has 0 saturated heterocycles. The summed E-state index contributed by atoms with van der Waals surface area (Å²) >= 11 is 1.18. The molecule has 90 valence electrons. The fourth-order valence-electron chi connectivity index (χ4n) is 1.01. The van der Waals surface area contributed by atoms with Crippen molar-refractivity contribution in [3.05, 3.63) is 10.4 Å². The summed E-state index contributed by atoms with van der Waals surface area (Å²) in [4.78, 5) is 15.4. The van der Waals surface area contributed by atoms with Gasteiger partial charge in [0.05, 0.1) is 0 Å². The SMILES string of the molecule is CSc1nc(N)c(NS(=O)(=O)O)c(=O)n1C. The quantitative estimate of drug-likeness (QED) is 0.375. The molecule has 0 aliphatic heterocycles. The Labute approximate surface area is 95.7 Å². The molecule has 0 saturated carbocycles. The van der Waals surface area contributed by atoms with Gasteiger partial charge >= 0.3 is 10.3 Å². The minimum Gasteiger partial charge on any atom is -0.382 e. The first-order chi connectivity index (χ1) is 7.26. The van der Waals surface area contributed by atoms with Crippen LogP contribution in [0, 0.1) is 0 Å². The molecule has 0 unspecified atom stereocenters. The molecule has 1 aromatic heterocycles. The van der Waals surface area contributed by atoms with E-state index in [4.69, 9.17) is 10.3 Å². The number of hydrogen-bond donors (Lipinski definition) is 3. The van der Waals surface area contributed by atoms with E-state index in [0.717, 1.165) is 4.57 Å². The zero-order chi connectivity index (χ0) is 12.5. The lowest BCUT2D eigenvalue weighted by Crippen LogP contribution is -2.27. The summed E-state index contributed by atoms with van der Waals surface area (Å²) in [6.45, 7) is 0. The van der Waals surface area contributed by atoms with Gasteiger partial charge in [-0.1, -0.05) is 11.8 Å². The fraction of sp³-hybridized carbons (Fsp3) is 0.333. The van der Waals surface area contributed by atoms with Crippen molar-refractivity contribution in [2.75, 3.05) is 16.7 Å². The lowest BCUT2D eigenvalue weighted by atomic mass is 10.5. The number of anilines is 2. The van der Waals surface area contributed by atoms with Crippen molar-refractivity contribution in [1.82, 2.24) is 9.55 Å². The van der Waals surface area contributed by atoms with Crippen LogP contribution in [0.2, 0.25) is 0 Å². The second kappa shape index (κ2) is 4.31. The van der Waals surface area contributed by atoms with E-state index in [1.54, 1.807) is 11.0 Å². The summed E-state index contributed by atoms with van der Waals surface area (Å²) in [5.74, 6) is -0.287. The monoisotopic (exact) mass is 266 g/mol. The van der Waals surface area contributed by atoms with Crippen LogP contribution in [0.25, 0.3) is 0 Å². The minimum atomic E-state index is -4.55. The Morgan fingerprint density at radius 1 is 1.56 bits per heavy atom. The van der Waals surface area contributed by atoms with E-state index in [-0.39, 0.29) is 5.82 Å². The molecule has 0 aromatic carbocycles. The topological polar surface area (TPSA) is 127 Å². The number of rotatable bonds is 3. The minimum absolute atomic E-state index is 0.287. The van der Waals surface area contributed by atoms with E-state index in [9.17, 15) is 13.2 Å². The molecule has 4 N–H and O–H groups in total. The predicted octanol–water partition coefficient (Wildman–Crippen LogP) is -0.701. The van der Waals surface area contributed by atoms with E-state index >= 15 is 0 Å². The van der Waals surface area contributed by atoms with Crippen LogP contribution in [-0.4, -0.2) is 28.8 Å². The summed E-state index contributed by atoms with van der Waals surface area (Å²) in [5, 5.41) is 0.336. The van der Waals surface area contributed by atoms with Crippen LogP contribution in [0.1, 0.15) is 0 Å². The van der Waals surface area contributed by atoms with Gasteiger partial charge in [0.25, 0.3) is 5.56 Å². The van der Waals surface area contributed by atoms with Crippen LogP contribution in [0.4, 0.5) is 11.5 Å². The van der Waals surface area contributed by atoms with Crippen LogP contribution >= 0.6 is 11.8 Å². The molecule has 0 aliphatic rings. The van der Waals surface area contributed by atoms with E-state index in [1.807, 2.05) is 0 Å². The Kier molecular flexibility index (Phi) is 3.45. The molecule has 0 amide bonds. The van der Waals surface area contributed by atoms with Gasteiger partial charge in [-0.2, -0.15) is 8.42 Å². The van der Waals surface area contributed by atoms with Crippen molar-refractivity contribution in [2.24, 2.45) is 7.05 Å². The third-order valence-corrected chi connectivity index (χ3v) is 2.88. The molecule has 1 heterocycles. The maximum Gasteiger partial charge on any atom is 0.357 e. The van der Waals surface area contributed by atoms with Gasteiger partial charge in [0.1, 0.15) is 0 Å². The number of nitrogens with one attached hydrogen (secondary N) is 1. The van der Waals surface area contributed by atoms with Gasteiger partial charge in [-0.05, 0) is 6.26 Å². The first kappa shape index (κ1) is 12.8. The third-order valence-electron chi connectivity index (χ3n) is 1.69. The average Bonchev–Trinajstić information content (AvgIpc) is 2.17. The molecule has 16 heavy (non-hydrogen) atoms. The molecule has 0 aliphatic carbocycles. The van der Waals surface area contributed by atoms with Gasteiger partial charge in [-0.15, -0.1) is 0 Å². The Hall–Kier alpha value is -1.26. The molecule has 1 rings (SSSR count). The Morgan fingerprint density at radius 2 is 2.12 bits per heavy atom. The van der Waals surface area contributed by atoms with E-state index in [2.05, 4.69) is 4.98 Å². The lowest BCUT2D eigenvalue weighted by molar-refractivity contribution is 0.489. The van der Waals surface area contributed by atoms with Gasteiger partial charge in [-0.3, -0.25) is 18.6 Å². The smallest absolute Gasteiger partial charge is 0.357 e. The van der Waals surface area contributed by atoms with Gasteiger partial charge in [0, 0.05) is 7.05 Å². The highest BCUT2D eigenvalue weighted by atomic mass is 32.2. The first-order valence-electron chi connectivity index (χ1n) is 3.92. The maximum atomic E-state index is 11.6. The van der Waals surface area contributed by atoms with Crippen molar-refractivity contribution in [1.29, 1.82) is 0 Å². The van der Waals surface area contributed by atoms with Gasteiger partial charge in [-0.25, -0.2) is 4.98 Å². The van der Waals surface area contributed by atoms with Crippen LogP contribution in [-0.2, 0) is 17.4 Å². The number of aromatic nitrogens is 2. The second-order valence-electron chi connectivity index (χ2n) is 2.80. The van der Waals surface area contributed by atoms with Crippen LogP contribution in [0.15, 0.2) is 9.95 Å². The molecule has 1 aromatic rings. The number of nitrogen functional groups attached to an aromatic ring is 1. The molecular formula is C6H10N4O4S2. The molecule has 0 atom stereocenters. The van der Waals surface area contributed by atoms with Gasteiger partial charge < -0.3 is 5.73 Å². The number of hydrogen-bond acceptors (Lipinski definition) is 6. The first-order valence-corrected chi connectivity index (χ1v) is 6.58. The van der Waals surface area contributed by atoms with Crippen LogP contribution < -0.4 is 16.0 Å². The number of thioether (sulfide) groups is 1. The summed E-state index contributed by atoms with van der Waals surface area (Å²) < 4.78 is 32.4. The molecule has 0 radical (unpaired) electrons. The molecule has 10 heteroatoms. The van der Waals surface area contributed by atoms with Crippen molar-refractivity contribution < 1.29 is 13.0 Å². The van der Waals surface area contributed by atoms with Gasteiger partial charge in [0.2, 0.25) is 0 Å². The maximum absolute atomic E-state index is 11.6. The summed E-state index contributed by atoms with van der Waals surface area (Å²) in [5.41, 5.74) is 4.24. The second-order valence-corrected chi connectivity index (χ2v) is 4.73. The largest absolute Gasteiger partial charge is 0.382 e. The Balaban J connectivity index is 3.43. The standard InChI is InChI=1S/C6H10N4O4S2/c1-10-5(11)3(9-16(12,13)14)4(7)8-6(10)15-2/h9H,7H2,1-2H3,(H,12,13,14). The molecule has 0 spiro atoms. The average molecular weight is 266 g/mol. The summed E-state index contributed by atoms with van der Waals surface area (Å²) in [6.07, 6.45) is 1.69. The van der Waals surface area contributed by atoms with E-state index in [0.29, 0.717) is 5.16 Å². The van der Waals surface area contributed by atoms with Crippen molar-refractivity contribution in [3.8, 4) is 0 Å². The number of nitrogens with zero attached hydrogens (tertiary/aromatic N) is 2. The summed E-state index contributed by atoms with van der Waals surface area (Å²) in [7, 11) is -3.14. The van der Waals surface area contributed by atoms with Crippen molar-refractivity contribution in [2.45, 2.75) is 5.16 Å². The molecular weight excluding hydrogens is 256 g/mol. The third kappa shape index (κ3) is 2.65. The zero-order valence-electron chi connectivity index (χ0n) is 8.46. The normalized spacial score (nSPS) is 11.4. The number of nitrogens with two attached hydrogens (primary N) is 1. The highest BCUT2D eigenvalue weighted by molar-refractivity contribution is 7.98. The van der Waals surface area contributed by atoms with Crippen molar-refractivity contribution >= 4 is 33.6 Å². The highest BCUT2D eigenvalue weighted by Gasteiger charge is 2.16. The van der Waals surface area contributed by atoms with Crippen LogP contribution in [0.5, 0.6) is 0 Å². The van der Waals surface area contributed by atoms with Crippen molar-refractivity contribution in [3.63, 3.8) is 0 Å². The van der Waals surface area contributed by atoms with E-state index < -0.39 is 21.6 Å². The van der Waals surface area contributed by atoms with Crippen LogP contribution in [0.3, 0.4) is 0 Å². The molecule has 8 nitrogen and oxygen atoms in total. The Bertz CT molecular complexity index is 565. The highest BCUT2D eigenvalue weighted by Crippen LogP contribution is 2.16. The predicted molar refractivity (Wildman–Crippen MR) is 60.8 cm³/mol. The Morgan fingerprint density at radius 3 is 2.56 bits per heavy atom. The molecule has 0 bridgehead atoms. The molecule has 0 fully saturated rings. The zero-order valence-corrected chi connectivity index (χ0v) is 10.1. The lowest BCUT2D eigenvalue weighted by Gasteiger charge is -2.09. The fourth-order valence-corrected chi connectivity index (χ4v) is 2.00. The van der Waals surface area contributed by atoms with Gasteiger partial charge in [0.15, 0.2) is 16.7 Å². The van der Waals surface area contributed by atoms with E-state index in [1.165, 1.54) is 18.8 Å². The summed E-state index contributed by atoms with van der Waals surface area (Å²) in [6, 6.07) is 0.